The first-order chi connectivity index (χ1) is 15.5. The zero-order chi connectivity index (χ0) is 21.9. The van der Waals surface area contributed by atoms with Gasteiger partial charge in [0.25, 0.3) is 0 Å². The van der Waals surface area contributed by atoms with Gasteiger partial charge in [0.2, 0.25) is 0 Å². The van der Waals surface area contributed by atoms with Crippen molar-refractivity contribution in [1.29, 1.82) is 0 Å². The van der Waals surface area contributed by atoms with Gasteiger partial charge in [-0.25, -0.2) is 9.18 Å². The summed E-state index contributed by atoms with van der Waals surface area (Å²) in [5.74, 6) is 1.06. The van der Waals surface area contributed by atoms with E-state index in [0.29, 0.717) is 17.5 Å². The Morgan fingerprint density at radius 3 is 2.38 bits per heavy atom. The topological polar surface area (TPSA) is 65.5 Å². The van der Waals surface area contributed by atoms with Crippen LogP contribution in [0.25, 0.3) is 0 Å². The van der Waals surface area contributed by atoms with Gasteiger partial charge in [-0.15, -0.1) is 0 Å². The monoisotopic (exact) mass is 444 g/mol. The molecule has 6 fully saturated rings. The Labute approximate surface area is 188 Å². The number of hydrogen-bond donors (Lipinski definition) is 1. The standard InChI is InChI=1S/C25H33FN2O4/c26-21-10-19(24(29)30)1-2-20(21)14-28(23-22(32-23)27-3-5-31-6-4-27)15-25-11-16-7-17(12-25)9-18(8-16)13-25/h1-2,10,16-18,22-23H,3-9,11-15H2,(H,29,30). The number of ether oxygens (including phenoxy) is 2. The molecule has 1 aromatic rings. The fraction of sp³-hybridized carbons (Fsp3) is 0.720. The van der Waals surface area contributed by atoms with E-state index < -0.39 is 11.8 Å². The van der Waals surface area contributed by atoms with E-state index in [1.807, 2.05) is 0 Å². The summed E-state index contributed by atoms with van der Waals surface area (Å²) in [6.45, 7) is 4.60. The number of rotatable bonds is 7. The average Bonchev–Trinajstić information content (AvgIpc) is 3.55. The molecule has 2 saturated heterocycles. The van der Waals surface area contributed by atoms with E-state index in [0.717, 1.165) is 56.7 Å². The third-order valence-corrected chi connectivity index (χ3v) is 8.59. The maximum atomic E-state index is 14.8. The number of hydrogen-bond acceptors (Lipinski definition) is 5. The van der Waals surface area contributed by atoms with Gasteiger partial charge in [-0.3, -0.25) is 9.80 Å². The highest BCUT2D eigenvalue weighted by Crippen LogP contribution is 2.60. The molecule has 2 heterocycles. The van der Waals surface area contributed by atoms with Gasteiger partial charge in [0.1, 0.15) is 5.82 Å². The highest BCUT2D eigenvalue weighted by atomic mass is 19.1. The summed E-state index contributed by atoms with van der Waals surface area (Å²) < 4.78 is 26.5. The number of aromatic carboxylic acids is 1. The lowest BCUT2D eigenvalue weighted by Crippen LogP contribution is -2.52. The van der Waals surface area contributed by atoms with Crippen molar-refractivity contribution in [2.45, 2.75) is 57.5 Å². The highest BCUT2D eigenvalue weighted by molar-refractivity contribution is 5.87. The zero-order valence-corrected chi connectivity index (χ0v) is 18.5. The summed E-state index contributed by atoms with van der Waals surface area (Å²) >= 11 is 0. The summed E-state index contributed by atoms with van der Waals surface area (Å²) in [6, 6.07) is 4.29. The SMILES string of the molecule is O=C(O)c1ccc(CN(CC23CC4CC(CC(C4)C2)C3)C2OC2N2CCOCC2)c(F)c1. The second-order valence-electron chi connectivity index (χ2n) is 11.0. The number of epoxide rings is 1. The van der Waals surface area contributed by atoms with Crippen LogP contribution < -0.4 is 0 Å². The van der Waals surface area contributed by atoms with E-state index in [9.17, 15) is 14.3 Å². The molecule has 4 saturated carbocycles. The number of carboxylic acid groups (broad SMARTS) is 1. The second-order valence-corrected chi connectivity index (χ2v) is 11.0. The van der Waals surface area contributed by atoms with Crippen LogP contribution in [0.5, 0.6) is 0 Å². The summed E-state index contributed by atoms with van der Waals surface area (Å²) in [6.07, 6.45) is 8.12. The van der Waals surface area contributed by atoms with Crippen LogP contribution >= 0.6 is 0 Å². The molecule has 4 bridgehead atoms. The van der Waals surface area contributed by atoms with Crippen molar-refractivity contribution in [3.63, 3.8) is 0 Å². The van der Waals surface area contributed by atoms with E-state index in [-0.39, 0.29) is 18.0 Å². The second kappa shape index (κ2) is 8.05. The number of halogens is 1. The molecule has 7 rings (SSSR count). The predicted octanol–water partition coefficient (Wildman–Crippen LogP) is 3.56. The first-order valence-electron chi connectivity index (χ1n) is 12.2. The van der Waals surface area contributed by atoms with Gasteiger partial charge in [-0.2, -0.15) is 0 Å². The summed E-state index contributed by atoms with van der Waals surface area (Å²) in [5, 5.41) is 9.19. The van der Waals surface area contributed by atoms with Crippen molar-refractivity contribution >= 4 is 5.97 Å². The Hall–Kier alpha value is -1.54. The lowest BCUT2D eigenvalue weighted by Gasteiger charge is -2.58. The summed E-state index contributed by atoms with van der Waals surface area (Å²) in [7, 11) is 0. The lowest BCUT2D eigenvalue weighted by molar-refractivity contribution is -0.0760. The van der Waals surface area contributed by atoms with E-state index in [1.54, 1.807) is 6.07 Å². The minimum Gasteiger partial charge on any atom is -0.478 e. The summed E-state index contributed by atoms with van der Waals surface area (Å²) in [5.41, 5.74) is 0.872. The van der Waals surface area contributed by atoms with Crippen molar-refractivity contribution in [2.75, 3.05) is 32.8 Å². The van der Waals surface area contributed by atoms with Crippen LogP contribution in [0.1, 0.15) is 54.4 Å². The molecule has 0 aromatic heterocycles. The molecule has 1 aromatic carbocycles. The number of carboxylic acids is 1. The summed E-state index contributed by atoms with van der Waals surface area (Å²) in [4.78, 5) is 15.9. The number of benzene rings is 1. The molecule has 2 atom stereocenters. The third-order valence-electron chi connectivity index (χ3n) is 8.59. The van der Waals surface area contributed by atoms with Crippen LogP contribution in [0, 0.1) is 29.0 Å². The third kappa shape index (κ3) is 3.98. The average molecular weight is 445 g/mol. The Kier molecular flexibility index (Phi) is 5.29. The fourth-order valence-corrected chi connectivity index (χ4v) is 7.64. The van der Waals surface area contributed by atoms with Crippen molar-refractivity contribution in [3.05, 3.63) is 35.1 Å². The van der Waals surface area contributed by atoms with Crippen molar-refractivity contribution in [1.82, 2.24) is 9.80 Å². The van der Waals surface area contributed by atoms with Crippen LogP contribution in [0.3, 0.4) is 0 Å². The van der Waals surface area contributed by atoms with Crippen molar-refractivity contribution in [3.8, 4) is 0 Å². The predicted molar refractivity (Wildman–Crippen MR) is 115 cm³/mol. The maximum absolute atomic E-state index is 14.8. The Morgan fingerprint density at radius 2 is 1.78 bits per heavy atom. The van der Waals surface area contributed by atoms with E-state index in [1.165, 1.54) is 44.6 Å². The number of morpholine rings is 1. The molecule has 6 nitrogen and oxygen atoms in total. The quantitative estimate of drug-likeness (QED) is 0.649. The van der Waals surface area contributed by atoms with Gasteiger partial charge in [0.15, 0.2) is 12.5 Å². The molecule has 1 N–H and O–H groups in total. The van der Waals surface area contributed by atoms with Gasteiger partial charge in [0, 0.05) is 31.7 Å². The molecule has 0 amide bonds. The van der Waals surface area contributed by atoms with Gasteiger partial charge in [-0.1, -0.05) is 6.07 Å². The van der Waals surface area contributed by atoms with Crippen LogP contribution in [-0.2, 0) is 16.0 Å². The van der Waals surface area contributed by atoms with Gasteiger partial charge < -0.3 is 14.6 Å². The van der Waals surface area contributed by atoms with E-state index in [4.69, 9.17) is 9.47 Å². The van der Waals surface area contributed by atoms with E-state index >= 15 is 0 Å². The van der Waals surface area contributed by atoms with Crippen LogP contribution in [-0.4, -0.2) is 66.2 Å². The number of nitrogens with zero attached hydrogens (tertiary/aromatic N) is 2. The molecule has 0 spiro atoms. The largest absolute Gasteiger partial charge is 0.478 e. The first-order valence-corrected chi connectivity index (χ1v) is 12.2. The Balaban J connectivity index is 1.23. The maximum Gasteiger partial charge on any atom is 0.335 e. The van der Waals surface area contributed by atoms with Gasteiger partial charge in [0.05, 0.1) is 18.8 Å². The smallest absolute Gasteiger partial charge is 0.335 e. The molecule has 4 aliphatic carbocycles. The minimum atomic E-state index is -1.10. The molecular formula is C25H33FN2O4. The van der Waals surface area contributed by atoms with Crippen molar-refractivity contribution in [2.24, 2.45) is 23.2 Å². The Bertz CT molecular complexity index is 851. The zero-order valence-electron chi connectivity index (χ0n) is 18.5. The molecule has 7 heteroatoms. The molecular weight excluding hydrogens is 411 g/mol. The van der Waals surface area contributed by atoms with Crippen molar-refractivity contribution < 1.29 is 23.8 Å². The fourth-order valence-electron chi connectivity index (χ4n) is 7.64. The molecule has 2 unspecified atom stereocenters. The molecule has 0 radical (unpaired) electrons. The van der Waals surface area contributed by atoms with E-state index in [2.05, 4.69) is 9.80 Å². The normalized spacial score (nSPS) is 38.4. The molecule has 32 heavy (non-hydrogen) atoms. The molecule has 6 aliphatic rings. The minimum absolute atomic E-state index is 0.00671. The van der Waals surface area contributed by atoms with Gasteiger partial charge in [-0.05, 0) is 73.8 Å². The molecule has 174 valence electrons. The van der Waals surface area contributed by atoms with Gasteiger partial charge >= 0.3 is 5.97 Å². The first kappa shape index (κ1) is 21.0. The number of carbonyl (C=O) groups is 1. The van der Waals surface area contributed by atoms with Crippen LogP contribution in [0.2, 0.25) is 0 Å². The van der Waals surface area contributed by atoms with Crippen LogP contribution in [0.4, 0.5) is 4.39 Å². The highest BCUT2D eigenvalue weighted by Gasteiger charge is 2.54. The Morgan fingerprint density at radius 1 is 1.12 bits per heavy atom. The van der Waals surface area contributed by atoms with Crippen LogP contribution in [0.15, 0.2) is 18.2 Å². The molecule has 2 aliphatic heterocycles. The lowest BCUT2D eigenvalue weighted by atomic mass is 9.49.